The lowest BCUT2D eigenvalue weighted by atomic mass is 9.88. The van der Waals surface area contributed by atoms with Gasteiger partial charge in [-0.05, 0) is 79.9 Å². The van der Waals surface area contributed by atoms with Crippen LogP contribution in [0.15, 0.2) is 109 Å². The van der Waals surface area contributed by atoms with Crippen molar-refractivity contribution in [1.29, 1.82) is 0 Å². The summed E-state index contributed by atoms with van der Waals surface area (Å²) >= 11 is 0. The van der Waals surface area contributed by atoms with Crippen molar-refractivity contribution < 1.29 is 0 Å². The molecule has 1 aliphatic carbocycles. The summed E-state index contributed by atoms with van der Waals surface area (Å²) in [4.78, 5) is 5.21. The molecule has 0 atom stereocenters. The predicted molar refractivity (Wildman–Crippen MR) is 172 cm³/mol. The van der Waals surface area contributed by atoms with Crippen LogP contribution in [0.1, 0.15) is 24.0 Å². The second-order valence-corrected chi connectivity index (χ2v) is 21.0. The molecule has 1 aliphatic heterocycles. The largest absolute Gasteiger partial charge is 0.256 e. The third kappa shape index (κ3) is 3.75. The normalized spacial score (nSPS) is 15.4. The summed E-state index contributed by atoms with van der Waals surface area (Å²) in [5, 5.41) is 7.46. The molecule has 0 N–H and O–H groups in total. The lowest BCUT2D eigenvalue weighted by molar-refractivity contribution is 0.686. The lowest BCUT2D eigenvalue weighted by Gasteiger charge is -2.31. The fourth-order valence-electron chi connectivity index (χ4n) is 7.24. The lowest BCUT2D eigenvalue weighted by Crippen LogP contribution is -2.72. The average Bonchev–Trinajstić information content (AvgIpc) is 3.27. The Morgan fingerprint density at radius 3 is 1.87 bits per heavy atom. The fraction of sp³-hybridized carbons (Fsp3) is 0.194. The van der Waals surface area contributed by atoms with E-state index in [1.165, 1.54) is 68.0 Å². The van der Waals surface area contributed by atoms with Gasteiger partial charge >= 0.3 is 0 Å². The van der Waals surface area contributed by atoms with E-state index in [1.807, 2.05) is 0 Å². The third-order valence-electron chi connectivity index (χ3n) is 8.94. The maximum absolute atomic E-state index is 5.21. The summed E-state index contributed by atoms with van der Waals surface area (Å²) in [6.07, 6.45) is 7.16. The van der Waals surface area contributed by atoms with Crippen molar-refractivity contribution in [2.75, 3.05) is 0 Å². The molecule has 0 unspecified atom stereocenters. The van der Waals surface area contributed by atoms with Crippen LogP contribution in [0.25, 0.3) is 22.4 Å². The van der Waals surface area contributed by atoms with E-state index in [4.69, 9.17) is 4.98 Å². The zero-order chi connectivity index (χ0) is 26.6. The van der Waals surface area contributed by atoms with Crippen molar-refractivity contribution >= 4 is 42.1 Å². The van der Waals surface area contributed by atoms with Gasteiger partial charge in [-0.1, -0.05) is 117 Å². The molecule has 0 fully saturated rings. The molecule has 0 bridgehead atoms. The summed E-state index contributed by atoms with van der Waals surface area (Å²) in [7, 11) is -3.88. The number of rotatable bonds is 4. The maximum atomic E-state index is 5.21. The number of aromatic nitrogens is 1. The molecule has 7 rings (SSSR count). The van der Waals surface area contributed by atoms with E-state index in [-0.39, 0.29) is 0 Å². The zero-order valence-corrected chi connectivity index (χ0v) is 25.2. The van der Waals surface area contributed by atoms with Crippen LogP contribution in [0.4, 0.5) is 0 Å². The van der Waals surface area contributed by atoms with E-state index < -0.39 is 16.1 Å². The van der Waals surface area contributed by atoms with Gasteiger partial charge in [-0.15, -0.1) is 0 Å². The Kier molecular flexibility index (Phi) is 5.83. The van der Waals surface area contributed by atoms with Crippen LogP contribution in [-0.4, -0.2) is 21.1 Å². The second kappa shape index (κ2) is 9.29. The molecular formula is C36H35NSi2. The van der Waals surface area contributed by atoms with Gasteiger partial charge in [0.2, 0.25) is 0 Å². The minimum atomic E-state index is -2.43. The molecule has 1 aromatic heterocycles. The van der Waals surface area contributed by atoms with Crippen LogP contribution in [-0.2, 0) is 12.8 Å². The number of hydrogen-bond acceptors (Lipinski definition) is 1. The van der Waals surface area contributed by atoms with Gasteiger partial charge in [0.15, 0.2) is 8.07 Å². The van der Waals surface area contributed by atoms with Crippen molar-refractivity contribution in [3.05, 3.63) is 120 Å². The fourth-order valence-corrected chi connectivity index (χ4v) is 14.0. The highest BCUT2D eigenvalue weighted by atomic mass is 28.3. The maximum Gasteiger partial charge on any atom is 0.180 e. The number of nitrogens with zero attached hydrogens (tertiary/aromatic N) is 1. The van der Waals surface area contributed by atoms with Gasteiger partial charge in [-0.2, -0.15) is 0 Å². The molecule has 0 saturated carbocycles. The van der Waals surface area contributed by atoms with Gasteiger partial charge in [0.25, 0.3) is 0 Å². The standard InChI is InChI=1S/C36H35NSi2/c1-38(2,3)35-25-37-36(31-20-11-10-18-29(31)35)26-22-23-34-32(24-26)30-19-12-13-21-33(30)39(34,27-14-6-4-7-15-27)28-16-8-5-9-17-28/h4-9,12-17,19,21-25H,10-11,18,20H2,1-3H3. The topological polar surface area (TPSA) is 12.9 Å². The van der Waals surface area contributed by atoms with Gasteiger partial charge < -0.3 is 0 Å². The SMILES string of the molecule is C[Si](C)(C)c1cnc(-c2ccc3c(c2)-c2ccccc2[Si]3(c2ccccc2)c2ccccc2)c2c1CCCC2. The quantitative estimate of drug-likeness (QED) is 0.270. The van der Waals surface area contributed by atoms with Crippen LogP contribution >= 0.6 is 0 Å². The Hall–Kier alpha value is -3.54. The molecule has 0 amide bonds. The summed E-state index contributed by atoms with van der Waals surface area (Å²) in [5.41, 5.74) is 8.40. The van der Waals surface area contributed by atoms with E-state index in [9.17, 15) is 0 Å². The highest BCUT2D eigenvalue weighted by Gasteiger charge is 2.48. The van der Waals surface area contributed by atoms with E-state index in [1.54, 1.807) is 10.8 Å². The monoisotopic (exact) mass is 537 g/mol. The molecular weight excluding hydrogens is 503 g/mol. The Morgan fingerprint density at radius 2 is 1.21 bits per heavy atom. The first-order valence-corrected chi connectivity index (χ1v) is 19.9. The van der Waals surface area contributed by atoms with Crippen LogP contribution in [0.5, 0.6) is 0 Å². The molecule has 4 aromatic carbocycles. The highest BCUT2D eigenvalue weighted by Crippen LogP contribution is 2.35. The van der Waals surface area contributed by atoms with Crippen molar-refractivity contribution in [2.24, 2.45) is 0 Å². The summed E-state index contributed by atoms with van der Waals surface area (Å²) in [6.45, 7) is 7.38. The van der Waals surface area contributed by atoms with Crippen LogP contribution in [0, 0.1) is 0 Å². The third-order valence-corrected chi connectivity index (χ3v) is 15.9. The van der Waals surface area contributed by atoms with Crippen LogP contribution in [0.3, 0.4) is 0 Å². The summed E-state index contributed by atoms with van der Waals surface area (Å²) < 4.78 is 0. The molecule has 2 aliphatic rings. The van der Waals surface area contributed by atoms with Gasteiger partial charge in [0.1, 0.15) is 0 Å². The summed E-state index contributed by atoms with van der Waals surface area (Å²) in [6, 6.07) is 39.0. The Bertz CT molecular complexity index is 1640. The number of benzene rings is 4. The van der Waals surface area contributed by atoms with E-state index >= 15 is 0 Å². The van der Waals surface area contributed by atoms with Gasteiger partial charge in [-0.25, -0.2) is 0 Å². The first kappa shape index (κ1) is 24.5. The molecule has 2 heterocycles. The van der Waals surface area contributed by atoms with Crippen LogP contribution in [0.2, 0.25) is 19.6 Å². The predicted octanol–water partition coefficient (Wildman–Crippen LogP) is 5.53. The molecule has 0 spiro atoms. The second-order valence-electron chi connectivity index (χ2n) is 12.2. The van der Waals surface area contributed by atoms with Crippen molar-refractivity contribution in [3.63, 3.8) is 0 Å². The van der Waals surface area contributed by atoms with Gasteiger partial charge in [0, 0.05) is 11.8 Å². The molecule has 0 radical (unpaired) electrons. The molecule has 39 heavy (non-hydrogen) atoms. The first-order chi connectivity index (χ1) is 19.0. The van der Waals surface area contributed by atoms with Gasteiger partial charge in [0.05, 0.1) is 13.8 Å². The smallest absolute Gasteiger partial charge is 0.180 e. The Morgan fingerprint density at radius 1 is 0.615 bits per heavy atom. The minimum absolute atomic E-state index is 1.15. The number of fused-ring (bicyclic) bond motifs is 4. The Balaban J connectivity index is 1.50. The molecule has 1 nitrogen and oxygen atoms in total. The molecule has 3 heteroatoms. The van der Waals surface area contributed by atoms with E-state index in [2.05, 4.69) is 129 Å². The zero-order valence-electron chi connectivity index (χ0n) is 23.2. The van der Waals surface area contributed by atoms with E-state index in [0.29, 0.717) is 0 Å². The molecule has 5 aromatic rings. The Labute approximate surface area is 234 Å². The molecule has 0 saturated heterocycles. The van der Waals surface area contributed by atoms with Crippen molar-refractivity contribution in [1.82, 2.24) is 4.98 Å². The van der Waals surface area contributed by atoms with Crippen molar-refractivity contribution in [2.45, 2.75) is 45.3 Å². The van der Waals surface area contributed by atoms with Crippen molar-refractivity contribution in [3.8, 4) is 22.4 Å². The number of hydrogen-bond donors (Lipinski definition) is 0. The molecule has 192 valence electrons. The average molecular weight is 538 g/mol. The van der Waals surface area contributed by atoms with Crippen LogP contribution < -0.4 is 25.9 Å². The highest BCUT2D eigenvalue weighted by molar-refractivity contribution is 7.22. The van der Waals surface area contributed by atoms with E-state index in [0.717, 1.165) is 6.42 Å². The number of pyridine rings is 1. The minimum Gasteiger partial charge on any atom is -0.256 e. The van der Waals surface area contributed by atoms with Gasteiger partial charge in [-0.3, -0.25) is 4.98 Å². The summed E-state index contributed by atoms with van der Waals surface area (Å²) in [5.74, 6) is 0. The first-order valence-electron chi connectivity index (χ1n) is 14.4.